The SMILES string of the molecule is CNC(=O)C(C)N(Cc1c(Cl)cccc1Cl)C(=O)CN(c1ccc(C23CC4CC(CC(C4)C2)C3)cc1)S(C)(=O)=O. The van der Waals surface area contributed by atoms with Gasteiger partial charge in [-0.15, -0.1) is 0 Å². The van der Waals surface area contributed by atoms with E-state index in [1.165, 1.54) is 56.0 Å². The molecular weight excluding hydrogens is 569 g/mol. The zero-order chi connectivity index (χ0) is 28.8. The highest BCUT2D eigenvalue weighted by atomic mass is 35.5. The zero-order valence-corrected chi connectivity index (χ0v) is 25.5. The maximum atomic E-state index is 13.7. The third kappa shape index (κ3) is 5.72. The number of anilines is 1. The Morgan fingerprint density at radius 2 is 1.50 bits per heavy atom. The lowest BCUT2D eigenvalue weighted by Gasteiger charge is -2.57. The minimum Gasteiger partial charge on any atom is -0.357 e. The molecule has 1 unspecified atom stereocenters. The van der Waals surface area contributed by atoms with Crippen LogP contribution in [-0.4, -0.2) is 51.0 Å². The lowest BCUT2D eigenvalue weighted by molar-refractivity contribution is -0.139. The first-order chi connectivity index (χ1) is 18.9. The molecule has 4 saturated carbocycles. The number of benzene rings is 2. The Balaban J connectivity index is 1.41. The van der Waals surface area contributed by atoms with Crippen molar-refractivity contribution in [3.63, 3.8) is 0 Å². The second-order valence-corrected chi connectivity index (χ2v) is 14.7. The number of nitrogens with zero attached hydrogens (tertiary/aromatic N) is 2. The first-order valence-corrected chi connectivity index (χ1v) is 16.5. The van der Waals surface area contributed by atoms with E-state index in [1.54, 1.807) is 25.1 Å². The normalized spacial score (nSPS) is 25.9. The molecule has 0 heterocycles. The van der Waals surface area contributed by atoms with E-state index >= 15 is 0 Å². The fourth-order valence-corrected chi connectivity index (χ4v) is 9.07. The first kappa shape index (κ1) is 29.2. The lowest BCUT2D eigenvalue weighted by atomic mass is 9.48. The molecule has 2 aromatic carbocycles. The van der Waals surface area contributed by atoms with Crippen LogP contribution in [0.1, 0.15) is 56.6 Å². The predicted molar refractivity (Wildman–Crippen MR) is 159 cm³/mol. The number of rotatable bonds is 9. The van der Waals surface area contributed by atoms with E-state index in [0.717, 1.165) is 28.3 Å². The van der Waals surface area contributed by atoms with Crippen molar-refractivity contribution in [1.29, 1.82) is 0 Å². The standard InChI is InChI=1S/C30H37Cl2N3O4S/c1-19(29(37)33-2)34(17-25-26(31)5-4-6-27(25)32)28(36)18-35(40(3,38)39)24-9-7-23(8-10-24)30-14-20-11-21(15-30)13-22(12-20)16-30/h4-10,19-22H,11-18H2,1-3H3,(H,33,37). The average Bonchev–Trinajstić information content (AvgIpc) is 2.89. The number of nitrogens with one attached hydrogen (secondary N) is 1. The third-order valence-electron chi connectivity index (χ3n) is 9.29. The molecule has 216 valence electrons. The molecular formula is C30H37Cl2N3O4S. The third-order valence-corrected chi connectivity index (χ3v) is 11.1. The van der Waals surface area contributed by atoms with Gasteiger partial charge in [-0.25, -0.2) is 8.42 Å². The van der Waals surface area contributed by atoms with E-state index < -0.39 is 28.5 Å². The Labute approximate surface area is 247 Å². The monoisotopic (exact) mass is 605 g/mol. The first-order valence-electron chi connectivity index (χ1n) is 13.9. The fourth-order valence-electron chi connectivity index (χ4n) is 7.70. The Bertz CT molecular complexity index is 1340. The minimum atomic E-state index is -3.81. The lowest BCUT2D eigenvalue weighted by Crippen LogP contribution is -2.50. The molecule has 0 saturated heterocycles. The summed E-state index contributed by atoms with van der Waals surface area (Å²) in [7, 11) is -2.33. The Kier molecular flexibility index (Phi) is 8.16. The topological polar surface area (TPSA) is 86.8 Å². The Morgan fingerprint density at radius 3 is 1.98 bits per heavy atom. The Hall–Kier alpha value is -2.29. The molecule has 0 aliphatic heterocycles. The highest BCUT2D eigenvalue weighted by Gasteiger charge is 2.51. The summed E-state index contributed by atoms with van der Waals surface area (Å²) in [5, 5.41) is 3.27. The van der Waals surface area contributed by atoms with Crippen molar-refractivity contribution in [3.8, 4) is 0 Å². The van der Waals surface area contributed by atoms with Crippen molar-refractivity contribution in [2.24, 2.45) is 17.8 Å². The molecule has 0 spiro atoms. The van der Waals surface area contributed by atoms with Crippen LogP contribution in [0.5, 0.6) is 0 Å². The predicted octanol–water partition coefficient (Wildman–Crippen LogP) is 5.39. The van der Waals surface area contributed by atoms with Gasteiger partial charge in [-0.2, -0.15) is 0 Å². The summed E-state index contributed by atoms with van der Waals surface area (Å²) in [4.78, 5) is 27.6. The van der Waals surface area contributed by atoms with Crippen LogP contribution in [0.25, 0.3) is 0 Å². The second kappa shape index (κ2) is 11.2. The van der Waals surface area contributed by atoms with Crippen LogP contribution in [0.15, 0.2) is 42.5 Å². The highest BCUT2D eigenvalue weighted by molar-refractivity contribution is 7.92. The number of hydrogen-bond acceptors (Lipinski definition) is 4. The number of amides is 2. The van der Waals surface area contributed by atoms with E-state index in [2.05, 4.69) is 17.4 Å². The van der Waals surface area contributed by atoms with Gasteiger partial charge in [-0.1, -0.05) is 41.4 Å². The molecule has 0 aromatic heterocycles. The summed E-state index contributed by atoms with van der Waals surface area (Å²) in [5.74, 6) is 1.48. The summed E-state index contributed by atoms with van der Waals surface area (Å²) in [6.07, 6.45) is 8.78. The highest BCUT2D eigenvalue weighted by Crippen LogP contribution is 2.60. The van der Waals surface area contributed by atoms with E-state index in [-0.39, 0.29) is 17.9 Å². The van der Waals surface area contributed by atoms with Gasteiger partial charge in [-0.05, 0) is 98.4 Å². The molecule has 2 amide bonds. The van der Waals surface area contributed by atoms with Crippen LogP contribution < -0.4 is 9.62 Å². The molecule has 7 nitrogen and oxygen atoms in total. The molecule has 0 radical (unpaired) electrons. The van der Waals surface area contributed by atoms with Gasteiger partial charge in [0.15, 0.2) is 0 Å². The number of likely N-dealkylation sites (N-methyl/N-ethyl adjacent to an activating group) is 1. The summed E-state index contributed by atoms with van der Waals surface area (Å²) >= 11 is 12.7. The van der Waals surface area contributed by atoms with Gasteiger partial charge in [0.1, 0.15) is 12.6 Å². The van der Waals surface area contributed by atoms with Gasteiger partial charge in [0.05, 0.1) is 11.9 Å². The van der Waals surface area contributed by atoms with Crippen LogP contribution in [0.4, 0.5) is 5.69 Å². The largest absolute Gasteiger partial charge is 0.357 e. The van der Waals surface area contributed by atoms with Crippen molar-refractivity contribution in [2.45, 2.75) is 63.5 Å². The fraction of sp³-hybridized carbons (Fsp3) is 0.533. The van der Waals surface area contributed by atoms with Gasteiger partial charge < -0.3 is 10.2 Å². The van der Waals surface area contributed by atoms with Crippen LogP contribution in [0, 0.1) is 17.8 Å². The molecule has 4 bridgehead atoms. The maximum Gasteiger partial charge on any atom is 0.244 e. The minimum absolute atomic E-state index is 0.0471. The maximum absolute atomic E-state index is 13.7. The summed E-state index contributed by atoms with van der Waals surface area (Å²) in [5.41, 5.74) is 2.37. The molecule has 4 fully saturated rings. The van der Waals surface area contributed by atoms with Crippen molar-refractivity contribution in [3.05, 3.63) is 63.6 Å². The number of carbonyl (C=O) groups is 2. The zero-order valence-electron chi connectivity index (χ0n) is 23.2. The van der Waals surface area contributed by atoms with Crippen molar-refractivity contribution in [1.82, 2.24) is 10.2 Å². The quantitative estimate of drug-likeness (QED) is 0.415. The van der Waals surface area contributed by atoms with Crippen molar-refractivity contribution < 1.29 is 18.0 Å². The summed E-state index contributed by atoms with van der Waals surface area (Å²) in [6.45, 7) is 1.08. The van der Waals surface area contributed by atoms with E-state index in [1.807, 2.05) is 12.1 Å². The van der Waals surface area contributed by atoms with E-state index in [9.17, 15) is 18.0 Å². The number of sulfonamides is 1. The molecule has 10 heteroatoms. The summed E-state index contributed by atoms with van der Waals surface area (Å²) in [6, 6.07) is 11.9. The molecule has 6 rings (SSSR count). The number of halogens is 2. The van der Waals surface area contributed by atoms with Crippen LogP contribution in [0.3, 0.4) is 0 Å². The van der Waals surface area contributed by atoms with Crippen LogP contribution in [0.2, 0.25) is 10.0 Å². The Morgan fingerprint density at radius 1 is 0.975 bits per heavy atom. The molecule has 2 aromatic rings. The van der Waals surface area contributed by atoms with Gasteiger partial charge in [-0.3, -0.25) is 13.9 Å². The molecule has 40 heavy (non-hydrogen) atoms. The molecule has 1 N–H and O–H groups in total. The molecule has 4 aliphatic carbocycles. The summed E-state index contributed by atoms with van der Waals surface area (Å²) < 4.78 is 27.0. The van der Waals surface area contributed by atoms with Crippen LogP contribution in [-0.2, 0) is 31.6 Å². The van der Waals surface area contributed by atoms with Crippen molar-refractivity contribution in [2.75, 3.05) is 24.2 Å². The van der Waals surface area contributed by atoms with Gasteiger partial charge in [0.2, 0.25) is 21.8 Å². The van der Waals surface area contributed by atoms with Gasteiger partial charge in [0.25, 0.3) is 0 Å². The number of carbonyl (C=O) groups excluding carboxylic acids is 2. The van der Waals surface area contributed by atoms with Crippen molar-refractivity contribution >= 4 is 50.7 Å². The van der Waals surface area contributed by atoms with Gasteiger partial charge in [0, 0.05) is 29.2 Å². The average molecular weight is 607 g/mol. The molecule has 1 atom stereocenters. The second-order valence-electron chi connectivity index (χ2n) is 12.0. The van der Waals surface area contributed by atoms with E-state index in [4.69, 9.17) is 23.2 Å². The van der Waals surface area contributed by atoms with E-state index in [0.29, 0.717) is 21.3 Å². The smallest absolute Gasteiger partial charge is 0.244 e. The van der Waals surface area contributed by atoms with Crippen LogP contribution >= 0.6 is 23.2 Å². The number of hydrogen-bond donors (Lipinski definition) is 1. The van der Waals surface area contributed by atoms with Gasteiger partial charge >= 0.3 is 0 Å². The molecule has 4 aliphatic rings.